The van der Waals surface area contributed by atoms with Crippen molar-refractivity contribution in [2.45, 2.75) is 91.9 Å². The second kappa shape index (κ2) is 17.1. The molecule has 1 N–H and O–H groups in total. The third-order valence-corrected chi connectivity index (χ3v) is 9.35. The minimum absolute atomic E-state index is 0. The van der Waals surface area contributed by atoms with E-state index < -0.39 is 62.1 Å². The summed E-state index contributed by atoms with van der Waals surface area (Å²) >= 11 is 0. The molecule has 0 fully saturated rings. The number of halogens is 7. The van der Waals surface area contributed by atoms with Gasteiger partial charge in [0.05, 0.1) is 11.3 Å². The van der Waals surface area contributed by atoms with Gasteiger partial charge in [0.1, 0.15) is 5.82 Å². The molecule has 1 aromatic heterocycles. The number of aromatic nitrogens is 2. The standard InChI is InChI=1S/C28H18F7N2.C13H24O2.Ir/c1-26(2,3)19-13-15(12-14-8-4-5-9-16(14)19)24-21-20(25(37-36-24)28(33,34)35)22(27(30,31)32)17-10-6-7-11-18(17)23(21)29;1-5-10(6-2)12(14)9-13(15)11(7-3)8-4;/h4-11,13H,1-3H3;9-11,14H,5-8H2,1-4H3;/q-1;;/b;12-9-;. The summed E-state index contributed by atoms with van der Waals surface area (Å²) in [6.07, 6.45) is -5.65. The molecule has 12 heteroatoms. The molecule has 0 amide bonds. The Kier molecular flexibility index (Phi) is 14.0. The Morgan fingerprint density at radius 2 is 1.30 bits per heavy atom. The van der Waals surface area contributed by atoms with Crippen molar-refractivity contribution < 1.29 is 60.7 Å². The first-order valence-corrected chi connectivity index (χ1v) is 17.2. The zero-order chi connectivity index (χ0) is 38.8. The molecule has 0 bridgehead atoms. The number of allylic oxidation sites excluding steroid dienone is 2. The van der Waals surface area contributed by atoms with Gasteiger partial charge >= 0.3 is 12.4 Å². The monoisotopic (exact) mass is 920 g/mol. The van der Waals surface area contributed by atoms with Crippen LogP contribution in [0, 0.1) is 23.7 Å². The molecule has 0 aliphatic carbocycles. The van der Waals surface area contributed by atoms with Crippen LogP contribution in [0.15, 0.2) is 66.4 Å². The number of carbonyl (C=O) groups excluding carboxylic acids is 1. The smallest absolute Gasteiger partial charge is 0.435 e. The Morgan fingerprint density at radius 1 is 0.774 bits per heavy atom. The normalized spacial score (nSPS) is 12.7. The quantitative estimate of drug-likeness (QED) is 0.0554. The summed E-state index contributed by atoms with van der Waals surface area (Å²) in [7, 11) is 0. The molecule has 0 unspecified atom stereocenters. The van der Waals surface area contributed by atoms with E-state index in [1.807, 2.05) is 54.5 Å². The number of rotatable bonds is 8. The van der Waals surface area contributed by atoms with Gasteiger partial charge in [0.15, 0.2) is 11.5 Å². The van der Waals surface area contributed by atoms with Crippen LogP contribution in [0.2, 0.25) is 0 Å². The third-order valence-electron chi connectivity index (χ3n) is 9.35. The predicted octanol–water partition coefficient (Wildman–Crippen LogP) is 12.7. The maximum Gasteiger partial charge on any atom is 0.435 e. The second-order valence-corrected chi connectivity index (χ2v) is 13.8. The van der Waals surface area contributed by atoms with Gasteiger partial charge in [0, 0.05) is 59.9 Å². The summed E-state index contributed by atoms with van der Waals surface area (Å²) in [5.41, 5.74) is -3.66. The van der Waals surface area contributed by atoms with Gasteiger partial charge in [-0.05, 0) is 36.5 Å². The molecule has 0 atom stereocenters. The summed E-state index contributed by atoms with van der Waals surface area (Å²) in [4.78, 5) is 11.7. The van der Waals surface area contributed by atoms with Crippen LogP contribution in [0.5, 0.6) is 0 Å². The van der Waals surface area contributed by atoms with E-state index in [0.29, 0.717) is 5.39 Å². The maximum atomic E-state index is 16.0. The summed E-state index contributed by atoms with van der Waals surface area (Å²) in [6, 6.07) is 16.2. The zero-order valence-electron chi connectivity index (χ0n) is 30.5. The van der Waals surface area contributed by atoms with E-state index in [9.17, 15) is 36.2 Å². The number of fused-ring (bicyclic) bond motifs is 3. The van der Waals surface area contributed by atoms with Crippen LogP contribution in [0.4, 0.5) is 30.7 Å². The van der Waals surface area contributed by atoms with Crippen molar-refractivity contribution in [2.75, 3.05) is 0 Å². The number of nitrogens with zero attached hydrogens (tertiary/aromatic N) is 2. The Bertz CT molecular complexity index is 2110. The first-order chi connectivity index (χ1) is 24.3. The van der Waals surface area contributed by atoms with Crippen LogP contribution < -0.4 is 0 Å². The van der Waals surface area contributed by atoms with Crippen molar-refractivity contribution >= 4 is 38.1 Å². The van der Waals surface area contributed by atoms with E-state index in [4.69, 9.17) is 0 Å². The topological polar surface area (TPSA) is 63.1 Å². The van der Waals surface area contributed by atoms with Gasteiger partial charge in [-0.1, -0.05) is 102 Å². The molecule has 1 radical (unpaired) electrons. The summed E-state index contributed by atoms with van der Waals surface area (Å²) in [5, 5.41) is 14.5. The molecule has 4 nitrogen and oxygen atoms in total. The number of ketones is 1. The molecule has 53 heavy (non-hydrogen) atoms. The molecular weight excluding hydrogens is 878 g/mol. The average Bonchev–Trinajstić information content (AvgIpc) is 3.07. The fourth-order valence-corrected chi connectivity index (χ4v) is 6.49. The van der Waals surface area contributed by atoms with E-state index in [1.165, 1.54) is 18.2 Å². The SMILES string of the molecule is CC(C)(C)c1cc(-c2nnc(C(F)(F)F)c3c(C(F)(F)F)c4ccccc4c(F)c23)[c-]c2ccccc12.CCC(CC)C(=O)/C=C(\O)C(CC)CC.[Ir]. The van der Waals surface area contributed by atoms with Gasteiger partial charge in [-0.15, -0.1) is 29.1 Å². The van der Waals surface area contributed by atoms with Crippen LogP contribution >= 0.6 is 0 Å². The average molecular weight is 920 g/mol. The molecule has 0 spiro atoms. The number of aliphatic hydroxyl groups excluding tert-OH is 1. The molecule has 0 aliphatic rings. The van der Waals surface area contributed by atoms with Gasteiger partial charge in [-0.25, -0.2) is 4.39 Å². The van der Waals surface area contributed by atoms with Crippen molar-refractivity contribution in [2.24, 2.45) is 11.8 Å². The molecule has 0 saturated heterocycles. The summed E-state index contributed by atoms with van der Waals surface area (Å²) < 4.78 is 101. The molecule has 0 saturated carbocycles. The van der Waals surface area contributed by atoms with Crippen LogP contribution in [-0.2, 0) is 42.7 Å². The van der Waals surface area contributed by atoms with Crippen molar-refractivity contribution in [3.8, 4) is 11.3 Å². The Balaban J connectivity index is 0.000000403. The Labute approximate surface area is 318 Å². The number of alkyl halides is 6. The fourth-order valence-electron chi connectivity index (χ4n) is 6.49. The summed E-state index contributed by atoms with van der Waals surface area (Å²) in [6.45, 7) is 13.8. The maximum absolute atomic E-state index is 16.0. The number of benzene rings is 4. The Morgan fingerprint density at radius 3 is 1.81 bits per heavy atom. The number of aliphatic hydroxyl groups is 1. The van der Waals surface area contributed by atoms with E-state index in [0.717, 1.165) is 48.8 Å². The van der Waals surface area contributed by atoms with Crippen LogP contribution in [0.1, 0.15) is 91.0 Å². The first-order valence-electron chi connectivity index (χ1n) is 17.2. The van der Waals surface area contributed by atoms with E-state index >= 15 is 4.39 Å². The van der Waals surface area contributed by atoms with Crippen molar-refractivity contribution in [3.63, 3.8) is 0 Å². The molecule has 287 valence electrons. The van der Waals surface area contributed by atoms with Gasteiger partial charge in [0.25, 0.3) is 0 Å². The van der Waals surface area contributed by atoms with Crippen LogP contribution in [0.3, 0.4) is 0 Å². The summed E-state index contributed by atoms with van der Waals surface area (Å²) in [5.74, 6) is -0.695. The van der Waals surface area contributed by atoms with E-state index in [1.54, 1.807) is 24.3 Å². The molecule has 4 aromatic carbocycles. The number of carbonyl (C=O) groups is 1. The van der Waals surface area contributed by atoms with E-state index in [2.05, 4.69) is 16.3 Å². The molecule has 5 rings (SSSR count). The largest absolute Gasteiger partial charge is 0.512 e. The predicted molar refractivity (Wildman–Crippen MR) is 191 cm³/mol. The van der Waals surface area contributed by atoms with Crippen molar-refractivity contribution in [3.05, 3.63) is 95.1 Å². The minimum Gasteiger partial charge on any atom is -0.512 e. The van der Waals surface area contributed by atoms with Gasteiger partial charge in [-0.2, -0.15) is 36.5 Å². The van der Waals surface area contributed by atoms with Crippen LogP contribution in [-0.4, -0.2) is 21.1 Å². The Hall–Kier alpha value is -3.89. The molecular formula is C41H42F7IrN2O2-. The number of hydrogen-bond acceptors (Lipinski definition) is 4. The fraction of sp³-hybridized carbons (Fsp3) is 0.390. The van der Waals surface area contributed by atoms with Gasteiger partial charge in [0.2, 0.25) is 0 Å². The van der Waals surface area contributed by atoms with Gasteiger partial charge in [-0.3, -0.25) is 4.79 Å². The first kappa shape index (κ1) is 43.5. The minimum atomic E-state index is -5.32. The van der Waals surface area contributed by atoms with E-state index in [-0.39, 0.29) is 49.0 Å². The third kappa shape index (κ3) is 9.26. The molecule has 5 aromatic rings. The van der Waals surface area contributed by atoms with Crippen molar-refractivity contribution in [1.29, 1.82) is 0 Å². The van der Waals surface area contributed by atoms with Gasteiger partial charge < -0.3 is 5.11 Å². The zero-order valence-corrected chi connectivity index (χ0v) is 32.9. The molecule has 1 heterocycles. The number of hydrogen-bond donors (Lipinski definition) is 1. The molecule has 0 aliphatic heterocycles. The van der Waals surface area contributed by atoms with Crippen LogP contribution in [0.25, 0.3) is 43.6 Å². The second-order valence-electron chi connectivity index (χ2n) is 13.8. The van der Waals surface area contributed by atoms with Crippen molar-refractivity contribution in [1.82, 2.24) is 10.2 Å².